The number of benzene rings is 2. The summed E-state index contributed by atoms with van der Waals surface area (Å²) in [6.45, 7) is 2.94. The molecule has 5 heteroatoms. The van der Waals surface area contributed by atoms with Crippen LogP contribution < -0.4 is 4.74 Å². The summed E-state index contributed by atoms with van der Waals surface area (Å²) in [5.74, 6) is 1.17. The monoisotopic (exact) mass is 341 g/mol. The Balaban J connectivity index is 1.28. The van der Waals surface area contributed by atoms with Crippen molar-refractivity contribution < 1.29 is 19.0 Å². The molecule has 0 aliphatic carbocycles. The van der Waals surface area contributed by atoms with Gasteiger partial charge in [0.1, 0.15) is 5.75 Å². The van der Waals surface area contributed by atoms with Crippen LogP contribution in [-0.2, 0) is 14.3 Å². The van der Waals surface area contributed by atoms with E-state index in [9.17, 15) is 4.79 Å². The van der Waals surface area contributed by atoms with E-state index in [0.29, 0.717) is 19.1 Å². The van der Waals surface area contributed by atoms with E-state index in [2.05, 4.69) is 6.07 Å². The molecule has 0 spiro atoms. The molecule has 132 valence electrons. The Kier molecular flexibility index (Phi) is 4.85. The highest BCUT2D eigenvalue weighted by Crippen LogP contribution is 2.26. The highest BCUT2D eigenvalue weighted by atomic mass is 16.7. The topological polar surface area (TPSA) is 48.0 Å². The maximum atomic E-state index is 12.4. The Morgan fingerprint density at radius 2 is 1.76 bits per heavy atom. The van der Waals surface area contributed by atoms with Gasteiger partial charge >= 0.3 is 0 Å². The zero-order valence-corrected chi connectivity index (χ0v) is 14.2. The largest absolute Gasteiger partial charge is 0.484 e. The van der Waals surface area contributed by atoms with Gasteiger partial charge in [0.15, 0.2) is 12.9 Å². The van der Waals surface area contributed by atoms with Crippen molar-refractivity contribution in [1.29, 1.82) is 0 Å². The molecule has 0 aromatic heterocycles. The molecular weight excluding hydrogens is 318 g/mol. The number of amides is 1. The molecule has 5 nitrogen and oxygen atoms in total. The Bertz CT molecular complexity index is 733. The molecule has 25 heavy (non-hydrogen) atoms. The maximum Gasteiger partial charge on any atom is 0.260 e. The molecule has 0 saturated carbocycles. The molecule has 2 fully saturated rings. The number of hydrogen-bond acceptors (Lipinski definition) is 4. The average molecular weight is 341 g/mol. The molecule has 2 aromatic carbocycles. The molecule has 4 rings (SSSR count). The van der Waals surface area contributed by atoms with Crippen LogP contribution in [0.3, 0.4) is 0 Å². The molecule has 2 heterocycles. The van der Waals surface area contributed by atoms with Crippen LogP contribution in [0.2, 0.25) is 0 Å². The van der Waals surface area contributed by atoms with Crippen molar-refractivity contribution in [3.05, 3.63) is 42.5 Å². The molecule has 2 saturated heterocycles. The fourth-order valence-electron chi connectivity index (χ4n) is 3.56. The zero-order chi connectivity index (χ0) is 17.1. The van der Waals surface area contributed by atoms with Crippen molar-refractivity contribution in [2.75, 3.05) is 32.9 Å². The number of carbonyl (C=O) groups is 1. The van der Waals surface area contributed by atoms with Gasteiger partial charge < -0.3 is 19.1 Å². The van der Waals surface area contributed by atoms with Gasteiger partial charge in [-0.3, -0.25) is 4.79 Å². The minimum Gasteiger partial charge on any atom is -0.484 e. The average Bonchev–Trinajstić information content (AvgIpc) is 3.21. The Labute approximate surface area is 147 Å². The van der Waals surface area contributed by atoms with Gasteiger partial charge in [0.25, 0.3) is 5.91 Å². The second kappa shape index (κ2) is 7.42. The number of hydrogen-bond donors (Lipinski definition) is 0. The molecule has 0 unspecified atom stereocenters. The SMILES string of the molecule is O=C(COc1ccc2ccccc2c1)N1CCC(C2OCCO2)CC1. The zero-order valence-electron chi connectivity index (χ0n) is 14.2. The molecule has 0 N–H and O–H groups in total. The first kappa shape index (κ1) is 16.4. The van der Waals surface area contributed by atoms with Crippen LogP contribution in [0.25, 0.3) is 10.8 Å². The van der Waals surface area contributed by atoms with Gasteiger partial charge in [0, 0.05) is 19.0 Å². The van der Waals surface area contributed by atoms with Crippen molar-refractivity contribution in [3.8, 4) is 5.75 Å². The molecule has 0 radical (unpaired) electrons. The number of nitrogens with zero attached hydrogens (tertiary/aromatic N) is 1. The summed E-state index contributed by atoms with van der Waals surface area (Å²) in [6, 6.07) is 14.0. The van der Waals surface area contributed by atoms with Crippen molar-refractivity contribution >= 4 is 16.7 Å². The second-order valence-corrected chi connectivity index (χ2v) is 6.63. The van der Waals surface area contributed by atoms with E-state index in [1.165, 1.54) is 5.39 Å². The van der Waals surface area contributed by atoms with Gasteiger partial charge in [-0.25, -0.2) is 0 Å². The van der Waals surface area contributed by atoms with Crippen molar-refractivity contribution in [2.24, 2.45) is 5.92 Å². The predicted molar refractivity (Wildman–Crippen MR) is 94.4 cm³/mol. The summed E-state index contributed by atoms with van der Waals surface area (Å²) in [5, 5.41) is 2.28. The molecule has 0 bridgehead atoms. The lowest BCUT2D eigenvalue weighted by atomic mass is 9.96. The predicted octanol–water partition coefficient (Wildman–Crippen LogP) is 2.83. The summed E-state index contributed by atoms with van der Waals surface area (Å²) in [7, 11) is 0. The Morgan fingerprint density at radius 1 is 1.04 bits per heavy atom. The van der Waals surface area contributed by atoms with E-state index < -0.39 is 0 Å². The third-order valence-electron chi connectivity index (χ3n) is 5.01. The molecular formula is C20H23NO4. The smallest absolute Gasteiger partial charge is 0.260 e. The van der Waals surface area contributed by atoms with Gasteiger partial charge in [0.2, 0.25) is 0 Å². The number of piperidine rings is 1. The van der Waals surface area contributed by atoms with Crippen molar-refractivity contribution in [2.45, 2.75) is 19.1 Å². The van der Waals surface area contributed by atoms with E-state index in [0.717, 1.165) is 37.1 Å². The van der Waals surface area contributed by atoms with Crippen molar-refractivity contribution in [3.63, 3.8) is 0 Å². The van der Waals surface area contributed by atoms with Crippen LogP contribution in [0.1, 0.15) is 12.8 Å². The van der Waals surface area contributed by atoms with Gasteiger partial charge in [-0.05, 0) is 35.7 Å². The number of likely N-dealkylation sites (tertiary alicyclic amines) is 1. The van der Waals surface area contributed by atoms with Crippen LogP contribution in [0.15, 0.2) is 42.5 Å². The molecule has 1 amide bonds. The summed E-state index contributed by atoms with van der Waals surface area (Å²) in [6.07, 6.45) is 1.77. The Hall–Kier alpha value is -2.11. The third kappa shape index (κ3) is 3.78. The standard InChI is InChI=1S/C20H23NO4/c22-19(21-9-7-16(8-10-21)20-23-11-12-24-20)14-25-18-6-5-15-3-1-2-4-17(15)13-18/h1-6,13,16,20H,7-12,14H2. The minimum atomic E-state index is -0.0777. The molecule has 2 aliphatic rings. The van der Waals surface area contributed by atoms with Gasteiger partial charge in [0.05, 0.1) is 13.2 Å². The van der Waals surface area contributed by atoms with Crippen molar-refractivity contribution in [1.82, 2.24) is 4.90 Å². The van der Waals surface area contributed by atoms with Crippen LogP contribution in [0.4, 0.5) is 0 Å². The lowest BCUT2D eigenvalue weighted by Gasteiger charge is -2.33. The third-order valence-corrected chi connectivity index (χ3v) is 5.01. The van der Waals surface area contributed by atoms with E-state index in [4.69, 9.17) is 14.2 Å². The quantitative estimate of drug-likeness (QED) is 0.858. The van der Waals surface area contributed by atoms with Gasteiger partial charge in [-0.15, -0.1) is 0 Å². The first-order valence-corrected chi connectivity index (χ1v) is 8.92. The minimum absolute atomic E-state index is 0.0415. The summed E-state index contributed by atoms with van der Waals surface area (Å²) in [4.78, 5) is 14.3. The van der Waals surface area contributed by atoms with Crippen LogP contribution in [-0.4, -0.2) is 50.0 Å². The van der Waals surface area contributed by atoms with Crippen LogP contribution in [0, 0.1) is 5.92 Å². The first-order chi connectivity index (χ1) is 12.3. The number of carbonyl (C=O) groups excluding carboxylic acids is 1. The highest BCUT2D eigenvalue weighted by molar-refractivity contribution is 5.84. The highest BCUT2D eigenvalue weighted by Gasteiger charge is 2.31. The fourth-order valence-corrected chi connectivity index (χ4v) is 3.56. The molecule has 2 aromatic rings. The molecule has 0 atom stereocenters. The fraction of sp³-hybridized carbons (Fsp3) is 0.450. The van der Waals surface area contributed by atoms with Crippen LogP contribution >= 0.6 is 0 Å². The summed E-state index contributed by atoms with van der Waals surface area (Å²) in [5.41, 5.74) is 0. The lowest BCUT2D eigenvalue weighted by Crippen LogP contribution is -2.43. The van der Waals surface area contributed by atoms with Crippen LogP contribution in [0.5, 0.6) is 5.75 Å². The number of ether oxygens (including phenoxy) is 3. The van der Waals surface area contributed by atoms with E-state index in [1.807, 2.05) is 41.3 Å². The normalized spacial score (nSPS) is 19.4. The Morgan fingerprint density at radius 3 is 2.52 bits per heavy atom. The molecule has 2 aliphatic heterocycles. The van der Waals surface area contributed by atoms with Gasteiger partial charge in [-0.1, -0.05) is 30.3 Å². The van der Waals surface area contributed by atoms with E-state index in [1.54, 1.807) is 0 Å². The summed E-state index contributed by atoms with van der Waals surface area (Å²) < 4.78 is 16.9. The van der Waals surface area contributed by atoms with Gasteiger partial charge in [-0.2, -0.15) is 0 Å². The number of rotatable bonds is 4. The van der Waals surface area contributed by atoms with E-state index in [-0.39, 0.29) is 18.8 Å². The second-order valence-electron chi connectivity index (χ2n) is 6.63. The number of fused-ring (bicyclic) bond motifs is 1. The van der Waals surface area contributed by atoms with E-state index >= 15 is 0 Å². The summed E-state index contributed by atoms with van der Waals surface area (Å²) >= 11 is 0. The first-order valence-electron chi connectivity index (χ1n) is 8.92. The lowest BCUT2D eigenvalue weighted by molar-refractivity contribution is -0.138. The maximum absolute atomic E-state index is 12.4.